The maximum absolute atomic E-state index is 11.6. The fourth-order valence-electron chi connectivity index (χ4n) is 3.98. The lowest BCUT2D eigenvalue weighted by Gasteiger charge is -2.28. The molecule has 3 aromatic rings. The molecule has 1 aliphatic rings. The summed E-state index contributed by atoms with van der Waals surface area (Å²) in [5.74, 6) is 0.915. The molecule has 33 heavy (non-hydrogen) atoms. The largest absolute Gasteiger partial charge is 0.360 e. The van der Waals surface area contributed by atoms with Gasteiger partial charge >= 0.3 is 0 Å². The molecule has 176 valence electrons. The molecule has 2 aromatic carbocycles. The minimum atomic E-state index is 0. The van der Waals surface area contributed by atoms with E-state index in [1.54, 1.807) is 0 Å². The molecule has 0 atom stereocenters. The van der Waals surface area contributed by atoms with Gasteiger partial charge in [0.2, 0.25) is 5.91 Å². The number of rotatable bonds is 8. The summed E-state index contributed by atoms with van der Waals surface area (Å²) in [5, 5.41) is 10.9. The first-order valence-corrected chi connectivity index (χ1v) is 11.4. The van der Waals surface area contributed by atoms with Gasteiger partial charge < -0.3 is 25.4 Å². The second-order valence-corrected chi connectivity index (χ2v) is 7.98. The van der Waals surface area contributed by atoms with Crippen LogP contribution in [0.5, 0.6) is 0 Å². The highest BCUT2D eigenvalue weighted by Crippen LogP contribution is 2.17. The zero-order valence-electron chi connectivity index (χ0n) is 19.1. The van der Waals surface area contributed by atoms with Crippen molar-refractivity contribution in [3.05, 3.63) is 66.4 Å². The molecule has 7 nitrogen and oxygen atoms in total. The molecule has 1 saturated heterocycles. The maximum Gasteiger partial charge on any atom is 0.239 e. The van der Waals surface area contributed by atoms with Gasteiger partial charge in [-0.1, -0.05) is 30.3 Å². The maximum atomic E-state index is 11.6. The Labute approximate surface area is 212 Å². The molecule has 8 heteroatoms. The van der Waals surface area contributed by atoms with Crippen molar-refractivity contribution >= 4 is 52.4 Å². The molecule has 0 radical (unpaired) electrons. The van der Waals surface area contributed by atoms with Crippen LogP contribution in [0.1, 0.15) is 18.9 Å². The Morgan fingerprint density at radius 2 is 1.91 bits per heavy atom. The molecule has 4 rings (SSSR count). The summed E-state index contributed by atoms with van der Waals surface area (Å²) in [7, 11) is 0. The highest BCUT2D eigenvalue weighted by molar-refractivity contribution is 14.0. The molecular weight excluding hydrogens is 527 g/mol. The van der Waals surface area contributed by atoms with Crippen LogP contribution in [-0.2, 0) is 17.9 Å². The van der Waals surface area contributed by atoms with Gasteiger partial charge in [-0.05, 0) is 48.6 Å². The van der Waals surface area contributed by atoms with E-state index in [4.69, 9.17) is 4.99 Å². The second kappa shape index (κ2) is 12.5. The van der Waals surface area contributed by atoms with Crippen LogP contribution in [0, 0.1) is 0 Å². The van der Waals surface area contributed by atoms with Crippen LogP contribution in [0.2, 0.25) is 0 Å². The van der Waals surface area contributed by atoms with Crippen LogP contribution in [0.25, 0.3) is 10.9 Å². The quantitative estimate of drug-likeness (QED) is 0.171. The van der Waals surface area contributed by atoms with E-state index in [9.17, 15) is 4.79 Å². The van der Waals surface area contributed by atoms with Gasteiger partial charge in [0.1, 0.15) is 0 Å². The first-order valence-electron chi connectivity index (χ1n) is 11.4. The van der Waals surface area contributed by atoms with E-state index in [0.717, 1.165) is 49.8 Å². The first kappa shape index (κ1) is 24.9. The summed E-state index contributed by atoms with van der Waals surface area (Å²) in [6, 6.07) is 19.0. The van der Waals surface area contributed by atoms with Gasteiger partial charge in [0.05, 0.1) is 13.1 Å². The van der Waals surface area contributed by atoms with Crippen molar-refractivity contribution in [2.24, 2.45) is 4.99 Å². The number of benzene rings is 2. The minimum absolute atomic E-state index is 0. The normalized spacial score (nSPS) is 14.0. The molecular formula is C25H33IN6O. The molecule has 0 bridgehead atoms. The molecule has 1 fully saturated rings. The predicted molar refractivity (Wildman–Crippen MR) is 146 cm³/mol. The van der Waals surface area contributed by atoms with Crippen molar-refractivity contribution in [1.29, 1.82) is 0 Å². The number of carbonyl (C=O) groups excluding carboxylic acids is 1. The molecule has 0 aliphatic carbocycles. The van der Waals surface area contributed by atoms with Crippen LogP contribution >= 0.6 is 24.0 Å². The second-order valence-electron chi connectivity index (χ2n) is 7.98. The standard InChI is InChI=1S/C25H32N6O.HI/c1-2-26-25(28-13-5-15-30-16-12-21-6-3-4-7-23(21)30)29-18-20-8-10-22(11-9-20)31-17-14-27-24(32)19-31;/h3-4,6-12,16H,2,5,13-15,17-19H2,1H3,(H,27,32)(H2,26,28,29);1H. The molecule has 1 aliphatic heterocycles. The topological polar surface area (TPSA) is 73.7 Å². The number of anilines is 1. The lowest BCUT2D eigenvalue weighted by Crippen LogP contribution is -2.47. The lowest BCUT2D eigenvalue weighted by atomic mass is 10.2. The van der Waals surface area contributed by atoms with Crippen molar-refractivity contribution < 1.29 is 4.79 Å². The minimum Gasteiger partial charge on any atom is -0.360 e. The third kappa shape index (κ3) is 6.86. The van der Waals surface area contributed by atoms with Gasteiger partial charge in [-0.25, -0.2) is 4.99 Å². The Morgan fingerprint density at radius 1 is 1.09 bits per heavy atom. The number of aliphatic imine (C=N–C) groups is 1. The van der Waals surface area contributed by atoms with Crippen molar-refractivity contribution in [1.82, 2.24) is 20.5 Å². The average Bonchev–Trinajstić information content (AvgIpc) is 3.23. The van der Waals surface area contributed by atoms with E-state index in [1.807, 2.05) is 0 Å². The van der Waals surface area contributed by atoms with Crippen LogP contribution in [0.3, 0.4) is 0 Å². The van der Waals surface area contributed by atoms with Crippen LogP contribution in [0.15, 0.2) is 65.8 Å². The lowest BCUT2D eigenvalue weighted by molar-refractivity contribution is -0.120. The summed E-state index contributed by atoms with van der Waals surface area (Å²) < 4.78 is 2.30. The van der Waals surface area contributed by atoms with Gasteiger partial charge in [0, 0.05) is 50.1 Å². The van der Waals surface area contributed by atoms with Crippen molar-refractivity contribution in [3.63, 3.8) is 0 Å². The SMILES string of the molecule is CCNC(=NCc1ccc(N2CCNC(=O)C2)cc1)NCCCn1ccc2ccccc21.I. The average molecular weight is 560 g/mol. The number of amides is 1. The Balaban J connectivity index is 0.00000306. The Bertz CT molecular complexity index is 1060. The number of halogens is 1. The van der Waals surface area contributed by atoms with Crippen molar-refractivity contribution in [3.8, 4) is 0 Å². The number of hydrogen-bond acceptors (Lipinski definition) is 3. The van der Waals surface area contributed by atoms with Crippen LogP contribution < -0.4 is 20.9 Å². The molecule has 2 heterocycles. The van der Waals surface area contributed by atoms with E-state index >= 15 is 0 Å². The zero-order valence-corrected chi connectivity index (χ0v) is 21.4. The highest BCUT2D eigenvalue weighted by atomic mass is 127. The first-order chi connectivity index (χ1) is 15.7. The predicted octanol–water partition coefficient (Wildman–Crippen LogP) is 3.34. The number of hydrogen-bond donors (Lipinski definition) is 3. The Hall–Kier alpha value is -2.75. The smallest absolute Gasteiger partial charge is 0.239 e. The van der Waals surface area contributed by atoms with Crippen LogP contribution in [-0.4, -0.2) is 49.2 Å². The van der Waals surface area contributed by atoms with Crippen molar-refractivity contribution in [2.75, 3.05) is 37.6 Å². The number of guanidine groups is 1. The third-order valence-corrected chi connectivity index (χ3v) is 5.65. The van der Waals surface area contributed by atoms with Crippen LogP contribution in [0.4, 0.5) is 5.69 Å². The van der Waals surface area contributed by atoms with Gasteiger partial charge in [-0.3, -0.25) is 4.79 Å². The van der Waals surface area contributed by atoms with E-state index in [-0.39, 0.29) is 29.9 Å². The number of aryl methyl sites for hydroxylation is 1. The number of carbonyl (C=O) groups is 1. The fourth-order valence-corrected chi connectivity index (χ4v) is 3.98. The number of fused-ring (bicyclic) bond motifs is 1. The van der Waals surface area contributed by atoms with Gasteiger partial charge in [0.25, 0.3) is 0 Å². The van der Waals surface area contributed by atoms with E-state index in [0.29, 0.717) is 19.6 Å². The molecule has 0 saturated carbocycles. The Kier molecular flexibility index (Phi) is 9.41. The Morgan fingerprint density at radius 3 is 2.70 bits per heavy atom. The summed E-state index contributed by atoms with van der Waals surface area (Å²) in [5.41, 5.74) is 3.50. The van der Waals surface area contributed by atoms with E-state index in [1.165, 1.54) is 10.9 Å². The molecule has 3 N–H and O–H groups in total. The summed E-state index contributed by atoms with van der Waals surface area (Å²) in [4.78, 5) is 18.4. The summed E-state index contributed by atoms with van der Waals surface area (Å²) in [6.45, 7) is 7.30. The summed E-state index contributed by atoms with van der Waals surface area (Å²) >= 11 is 0. The zero-order chi connectivity index (χ0) is 22.2. The summed E-state index contributed by atoms with van der Waals surface area (Å²) in [6.07, 6.45) is 3.17. The number of aromatic nitrogens is 1. The van der Waals surface area contributed by atoms with Gasteiger partial charge in [-0.2, -0.15) is 0 Å². The molecule has 1 aromatic heterocycles. The number of nitrogens with one attached hydrogen (secondary N) is 3. The fraction of sp³-hybridized carbons (Fsp3) is 0.360. The van der Waals surface area contributed by atoms with Gasteiger partial charge in [0.15, 0.2) is 5.96 Å². The number of para-hydroxylation sites is 1. The van der Waals surface area contributed by atoms with Crippen molar-refractivity contribution in [2.45, 2.75) is 26.4 Å². The number of nitrogens with zero attached hydrogens (tertiary/aromatic N) is 3. The van der Waals surface area contributed by atoms with E-state index < -0.39 is 0 Å². The van der Waals surface area contributed by atoms with E-state index in [2.05, 4.69) is 93.1 Å². The van der Waals surface area contributed by atoms with Gasteiger partial charge in [-0.15, -0.1) is 24.0 Å². The molecule has 0 unspecified atom stereocenters. The monoisotopic (exact) mass is 560 g/mol. The molecule has 1 amide bonds. The third-order valence-electron chi connectivity index (χ3n) is 5.65. The molecule has 0 spiro atoms. The highest BCUT2D eigenvalue weighted by Gasteiger charge is 2.16. The number of piperazine rings is 1.